The minimum absolute atomic E-state index is 0.128. The lowest BCUT2D eigenvalue weighted by Crippen LogP contribution is -2.40. The van der Waals surface area contributed by atoms with Crippen molar-refractivity contribution in [3.05, 3.63) is 52.5 Å². The largest absolute Gasteiger partial charge is 0.482 e. The molecule has 2 aromatic carbocycles. The van der Waals surface area contributed by atoms with E-state index in [1.54, 1.807) is 28.2 Å². The van der Waals surface area contributed by atoms with Crippen molar-refractivity contribution in [1.82, 2.24) is 4.31 Å². The van der Waals surface area contributed by atoms with Gasteiger partial charge in [0.1, 0.15) is 9.96 Å². The number of sulfonamides is 1. The zero-order chi connectivity index (χ0) is 26.5. The summed E-state index contributed by atoms with van der Waals surface area (Å²) >= 11 is 9.04. The van der Waals surface area contributed by atoms with Crippen molar-refractivity contribution < 1.29 is 23.1 Å². The van der Waals surface area contributed by atoms with Crippen molar-refractivity contribution >= 4 is 60.8 Å². The van der Waals surface area contributed by atoms with E-state index in [1.807, 2.05) is 45.0 Å². The Morgan fingerprint density at radius 2 is 1.97 bits per heavy atom. The van der Waals surface area contributed by atoms with Crippen LogP contribution in [0.1, 0.15) is 44.2 Å². The Balaban J connectivity index is 1.80. The van der Waals surface area contributed by atoms with Gasteiger partial charge in [0.05, 0.1) is 0 Å². The number of carbonyl (C=O) groups is 1. The van der Waals surface area contributed by atoms with Crippen LogP contribution in [-0.4, -0.2) is 48.7 Å². The third-order valence-corrected chi connectivity index (χ3v) is 11.0. The molecule has 0 fully saturated rings. The molecule has 1 unspecified atom stereocenters. The van der Waals surface area contributed by atoms with Crippen LogP contribution < -0.4 is 4.74 Å². The van der Waals surface area contributed by atoms with Gasteiger partial charge < -0.3 is 9.84 Å². The summed E-state index contributed by atoms with van der Waals surface area (Å²) in [7, 11) is -3.70. The highest BCUT2D eigenvalue weighted by molar-refractivity contribution is 7.99. The number of thioether (sulfide) groups is 1. The fraction of sp³-hybridized carbons (Fsp3) is 0.423. The normalized spacial score (nSPS) is 12.8. The molecule has 0 bridgehead atoms. The SMILES string of the molecule is CCCCC(C)N(CCSc1ccc(OCC(=O)O)c(C)c1)S(=O)(=O)c1sc2ccc(Cl)cc2c1C. The monoisotopic (exact) mass is 569 g/mol. The molecule has 1 heterocycles. The van der Waals surface area contributed by atoms with Gasteiger partial charge in [0.2, 0.25) is 0 Å². The second-order valence-electron chi connectivity index (χ2n) is 8.72. The molecule has 0 radical (unpaired) electrons. The first kappa shape index (κ1) is 28.8. The first-order valence-corrected chi connectivity index (χ1v) is 15.4. The highest BCUT2D eigenvalue weighted by Crippen LogP contribution is 2.38. The van der Waals surface area contributed by atoms with E-state index < -0.39 is 16.0 Å². The van der Waals surface area contributed by atoms with E-state index in [2.05, 4.69) is 6.92 Å². The third kappa shape index (κ3) is 6.95. The van der Waals surface area contributed by atoms with E-state index in [0.717, 1.165) is 45.4 Å². The molecule has 1 aromatic heterocycles. The van der Waals surface area contributed by atoms with Gasteiger partial charge >= 0.3 is 5.97 Å². The summed E-state index contributed by atoms with van der Waals surface area (Å²) in [5.41, 5.74) is 1.58. The Hall–Kier alpha value is -1.78. The minimum atomic E-state index is -3.70. The predicted molar refractivity (Wildman–Crippen MR) is 149 cm³/mol. The van der Waals surface area contributed by atoms with Crippen molar-refractivity contribution in [2.45, 2.75) is 62.1 Å². The summed E-state index contributed by atoms with van der Waals surface area (Å²) in [6.07, 6.45) is 2.76. The Morgan fingerprint density at radius 1 is 1.22 bits per heavy atom. The third-order valence-electron chi connectivity index (χ3n) is 5.94. The Kier molecular flexibility index (Phi) is 10.1. The van der Waals surface area contributed by atoms with Gasteiger partial charge in [-0.25, -0.2) is 13.2 Å². The fourth-order valence-electron chi connectivity index (χ4n) is 4.01. The van der Waals surface area contributed by atoms with Crippen LogP contribution in [0.2, 0.25) is 5.02 Å². The molecule has 6 nitrogen and oxygen atoms in total. The second-order valence-corrected chi connectivity index (χ2v) is 13.5. The number of nitrogens with zero attached hydrogens (tertiary/aromatic N) is 1. The van der Waals surface area contributed by atoms with Gasteiger partial charge in [-0.15, -0.1) is 23.1 Å². The lowest BCUT2D eigenvalue weighted by molar-refractivity contribution is -0.139. The zero-order valence-electron chi connectivity index (χ0n) is 20.9. The number of ether oxygens (including phenoxy) is 1. The van der Waals surface area contributed by atoms with Crippen molar-refractivity contribution in [3.8, 4) is 5.75 Å². The van der Waals surface area contributed by atoms with Gasteiger partial charge in [0.15, 0.2) is 6.61 Å². The average molecular weight is 570 g/mol. The molecule has 0 saturated heterocycles. The molecule has 196 valence electrons. The Morgan fingerprint density at radius 3 is 2.64 bits per heavy atom. The highest BCUT2D eigenvalue weighted by atomic mass is 35.5. The molecule has 1 N–H and O–H groups in total. The minimum Gasteiger partial charge on any atom is -0.482 e. The van der Waals surface area contributed by atoms with Crippen LogP contribution in [-0.2, 0) is 14.8 Å². The molecule has 0 aliphatic heterocycles. The van der Waals surface area contributed by atoms with Crippen LogP contribution in [0, 0.1) is 13.8 Å². The molecule has 0 amide bonds. The number of carboxylic acid groups (broad SMARTS) is 1. The number of benzene rings is 2. The Bertz CT molecular complexity index is 1320. The molecular formula is C26H32ClNO5S3. The van der Waals surface area contributed by atoms with Crippen LogP contribution in [0.5, 0.6) is 5.75 Å². The summed E-state index contributed by atoms with van der Waals surface area (Å²) in [5.74, 6) is 0.0862. The molecule has 0 saturated carbocycles. The topological polar surface area (TPSA) is 83.9 Å². The lowest BCUT2D eigenvalue weighted by Gasteiger charge is -2.28. The van der Waals surface area contributed by atoms with E-state index >= 15 is 0 Å². The van der Waals surface area contributed by atoms with Gasteiger partial charge in [-0.05, 0) is 80.1 Å². The summed E-state index contributed by atoms with van der Waals surface area (Å²) in [6, 6.07) is 10.9. The van der Waals surface area contributed by atoms with Gasteiger partial charge in [-0.2, -0.15) is 4.31 Å². The van der Waals surface area contributed by atoms with Crippen molar-refractivity contribution in [3.63, 3.8) is 0 Å². The maximum atomic E-state index is 13.9. The average Bonchev–Trinajstić information content (AvgIpc) is 3.16. The van der Waals surface area contributed by atoms with Crippen LogP contribution in [0.4, 0.5) is 0 Å². The molecule has 0 spiro atoms. The van der Waals surface area contributed by atoms with Gasteiger partial charge in [0.25, 0.3) is 10.0 Å². The molecule has 0 aliphatic carbocycles. The van der Waals surface area contributed by atoms with E-state index in [-0.39, 0.29) is 12.6 Å². The van der Waals surface area contributed by atoms with E-state index in [1.165, 1.54) is 11.3 Å². The van der Waals surface area contributed by atoms with Crippen LogP contribution in [0.15, 0.2) is 45.5 Å². The van der Waals surface area contributed by atoms with E-state index in [0.29, 0.717) is 27.3 Å². The van der Waals surface area contributed by atoms with Crippen molar-refractivity contribution in [2.24, 2.45) is 0 Å². The summed E-state index contributed by atoms with van der Waals surface area (Å²) in [6.45, 7) is 7.79. The standard InChI is InChI=1S/C26H32ClNO5S3/c1-5-6-7-18(3)28(12-13-34-21-9-10-23(17(2)14-21)33-16-25(29)30)36(31,32)26-19(4)22-15-20(27)8-11-24(22)35-26/h8-11,14-15,18H,5-7,12-13,16H2,1-4H3,(H,29,30). The van der Waals surface area contributed by atoms with Gasteiger partial charge in [-0.1, -0.05) is 31.4 Å². The first-order chi connectivity index (χ1) is 17.0. The molecule has 10 heteroatoms. The number of unbranched alkanes of at least 4 members (excludes halogenated alkanes) is 1. The summed E-state index contributed by atoms with van der Waals surface area (Å²) in [4.78, 5) is 11.7. The molecule has 3 aromatic rings. The summed E-state index contributed by atoms with van der Waals surface area (Å²) < 4.78 is 36.1. The van der Waals surface area contributed by atoms with Gasteiger partial charge in [-0.3, -0.25) is 0 Å². The number of carboxylic acids is 1. The number of rotatable bonds is 13. The molecule has 3 rings (SSSR count). The number of hydrogen-bond donors (Lipinski definition) is 1. The van der Waals surface area contributed by atoms with Crippen molar-refractivity contribution in [1.29, 1.82) is 0 Å². The molecular weight excluding hydrogens is 538 g/mol. The molecule has 0 aliphatic rings. The number of halogens is 1. The van der Waals surface area contributed by atoms with Gasteiger partial charge in [0, 0.05) is 33.0 Å². The zero-order valence-corrected chi connectivity index (χ0v) is 24.1. The number of hydrogen-bond acceptors (Lipinski definition) is 6. The number of fused-ring (bicyclic) bond motifs is 1. The predicted octanol–water partition coefficient (Wildman–Crippen LogP) is 7.00. The Labute approximate surface area is 226 Å². The fourth-order valence-corrected chi connectivity index (χ4v) is 8.77. The highest BCUT2D eigenvalue weighted by Gasteiger charge is 2.32. The van der Waals surface area contributed by atoms with Crippen molar-refractivity contribution in [2.75, 3.05) is 18.9 Å². The number of aryl methyl sites for hydroxylation is 2. The van der Waals surface area contributed by atoms with Crippen LogP contribution >= 0.6 is 34.7 Å². The maximum absolute atomic E-state index is 13.9. The molecule has 1 atom stereocenters. The smallest absolute Gasteiger partial charge is 0.341 e. The van der Waals surface area contributed by atoms with Crippen LogP contribution in [0.3, 0.4) is 0 Å². The van der Waals surface area contributed by atoms with E-state index in [4.69, 9.17) is 21.4 Å². The maximum Gasteiger partial charge on any atom is 0.341 e. The quantitative estimate of drug-likeness (QED) is 0.223. The molecule has 36 heavy (non-hydrogen) atoms. The number of aliphatic carboxylic acids is 1. The van der Waals surface area contributed by atoms with E-state index in [9.17, 15) is 13.2 Å². The van der Waals surface area contributed by atoms with Crippen LogP contribution in [0.25, 0.3) is 10.1 Å². The summed E-state index contributed by atoms with van der Waals surface area (Å²) in [5, 5.41) is 10.3. The lowest BCUT2D eigenvalue weighted by atomic mass is 10.1. The second kappa shape index (κ2) is 12.6. The number of thiophene rings is 1. The first-order valence-electron chi connectivity index (χ1n) is 11.8.